The van der Waals surface area contributed by atoms with Crippen LogP contribution < -0.4 is 10.1 Å². The number of piperazine rings is 1. The van der Waals surface area contributed by atoms with E-state index in [-0.39, 0.29) is 36.2 Å². The second-order valence-corrected chi connectivity index (χ2v) is 6.23. The summed E-state index contributed by atoms with van der Waals surface area (Å²) in [6, 6.07) is 5.50. The molecule has 0 aliphatic carbocycles. The summed E-state index contributed by atoms with van der Waals surface area (Å²) in [5.74, 6) is 0.645. The molecule has 1 heterocycles. The fourth-order valence-corrected chi connectivity index (χ4v) is 3.06. The van der Waals surface area contributed by atoms with E-state index >= 15 is 0 Å². The van der Waals surface area contributed by atoms with Crippen LogP contribution in [0.15, 0.2) is 18.2 Å². The zero-order chi connectivity index (χ0) is 15.5. The summed E-state index contributed by atoms with van der Waals surface area (Å²) in [5, 5.41) is 23.7. The molecule has 0 aromatic heterocycles. The van der Waals surface area contributed by atoms with Gasteiger partial charge in [-0.15, -0.1) is 12.4 Å². The molecule has 0 bridgehead atoms. The van der Waals surface area contributed by atoms with Crippen LogP contribution in [0.2, 0.25) is 0 Å². The number of nitrogens with zero attached hydrogens (tertiary/aromatic N) is 1. The fourth-order valence-electron chi connectivity index (χ4n) is 3.06. The second kappa shape index (κ2) is 8.02. The van der Waals surface area contributed by atoms with Gasteiger partial charge in [-0.2, -0.15) is 0 Å². The summed E-state index contributed by atoms with van der Waals surface area (Å²) in [5.41, 5.74) is 0.455. The van der Waals surface area contributed by atoms with Gasteiger partial charge in [-0.25, -0.2) is 0 Å². The Morgan fingerprint density at radius 3 is 2.50 bits per heavy atom. The molecule has 3 N–H and O–H groups in total. The Hall–Kier alpha value is -1.01. The summed E-state index contributed by atoms with van der Waals surface area (Å²) in [7, 11) is 1.55. The zero-order valence-electron chi connectivity index (χ0n) is 13.5. The molecule has 0 amide bonds. The van der Waals surface area contributed by atoms with Crippen LogP contribution in [0.1, 0.15) is 25.5 Å². The largest absolute Gasteiger partial charge is 0.504 e. The molecule has 1 aromatic carbocycles. The smallest absolute Gasteiger partial charge is 0.162 e. The van der Waals surface area contributed by atoms with E-state index in [9.17, 15) is 10.2 Å². The molecule has 1 aliphatic rings. The van der Waals surface area contributed by atoms with E-state index in [1.165, 1.54) is 0 Å². The van der Waals surface area contributed by atoms with E-state index in [1.807, 2.05) is 26.0 Å². The first-order valence-electron chi connectivity index (χ1n) is 7.42. The number of hydrogen-bond donors (Lipinski definition) is 3. The van der Waals surface area contributed by atoms with Gasteiger partial charge in [0.05, 0.1) is 7.11 Å². The van der Waals surface area contributed by atoms with Crippen molar-refractivity contribution in [3.63, 3.8) is 0 Å². The van der Waals surface area contributed by atoms with Crippen LogP contribution in [0.4, 0.5) is 0 Å². The first-order chi connectivity index (χ1) is 10.0. The Bertz CT molecular complexity index is 476. The quantitative estimate of drug-likeness (QED) is 0.768. The van der Waals surface area contributed by atoms with Crippen LogP contribution in [0.25, 0.3) is 0 Å². The van der Waals surface area contributed by atoms with Crippen molar-refractivity contribution in [2.45, 2.75) is 19.9 Å². The summed E-state index contributed by atoms with van der Waals surface area (Å²) in [4.78, 5) is 2.32. The average Bonchev–Trinajstić information content (AvgIpc) is 2.50. The third kappa shape index (κ3) is 3.84. The SMILES string of the molecule is COc1cccc([C@H](N2CCNCC2)C(C)(C)CO)c1O.Cl. The van der Waals surface area contributed by atoms with E-state index in [2.05, 4.69) is 10.2 Å². The Morgan fingerprint density at radius 1 is 1.32 bits per heavy atom. The van der Waals surface area contributed by atoms with Gasteiger partial charge in [0.15, 0.2) is 11.5 Å². The van der Waals surface area contributed by atoms with Crippen LogP contribution in [-0.4, -0.2) is 55.0 Å². The van der Waals surface area contributed by atoms with Crippen LogP contribution in [0.3, 0.4) is 0 Å². The number of methoxy groups -OCH3 is 1. The zero-order valence-corrected chi connectivity index (χ0v) is 14.3. The number of halogens is 1. The molecule has 6 heteroatoms. The average molecular weight is 331 g/mol. The maximum atomic E-state index is 10.5. The number of hydrogen-bond acceptors (Lipinski definition) is 5. The molecule has 1 saturated heterocycles. The van der Waals surface area contributed by atoms with Crippen molar-refractivity contribution in [1.82, 2.24) is 10.2 Å². The molecule has 0 spiro atoms. The number of para-hydroxylation sites is 1. The molecule has 126 valence electrons. The number of aliphatic hydroxyl groups excluding tert-OH is 1. The molecular formula is C16H27ClN2O3. The molecule has 22 heavy (non-hydrogen) atoms. The number of ether oxygens (including phenoxy) is 1. The summed E-state index contributed by atoms with van der Waals surface area (Å²) < 4.78 is 5.23. The predicted octanol–water partition coefficient (Wildman–Crippen LogP) is 1.79. The normalized spacial score (nSPS) is 17.6. The third-order valence-corrected chi connectivity index (χ3v) is 4.21. The molecule has 1 fully saturated rings. The number of aliphatic hydroxyl groups is 1. The Morgan fingerprint density at radius 2 is 1.95 bits per heavy atom. The minimum Gasteiger partial charge on any atom is -0.504 e. The lowest BCUT2D eigenvalue weighted by Crippen LogP contribution is -2.49. The molecule has 1 aromatic rings. The van der Waals surface area contributed by atoms with Crippen LogP contribution in [0, 0.1) is 5.41 Å². The molecule has 5 nitrogen and oxygen atoms in total. The maximum Gasteiger partial charge on any atom is 0.162 e. The van der Waals surface area contributed by atoms with Crippen molar-refractivity contribution in [3.8, 4) is 11.5 Å². The van der Waals surface area contributed by atoms with Crippen molar-refractivity contribution in [2.75, 3.05) is 39.9 Å². The van der Waals surface area contributed by atoms with Gasteiger partial charge in [-0.3, -0.25) is 4.90 Å². The lowest BCUT2D eigenvalue weighted by Gasteiger charge is -2.43. The highest BCUT2D eigenvalue weighted by Gasteiger charge is 2.37. The van der Waals surface area contributed by atoms with Gasteiger partial charge in [0, 0.05) is 49.8 Å². The van der Waals surface area contributed by atoms with Gasteiger partial charge < -0.3 is 20.3 Å². The number of aromatic hydroxyl groups is 1. The van der Waals surface area contributed by atoms with Gasteiger partial charge >= 0.3 is 0 Å². The molecule has 0 saturated carbocycles. The van der Waals surface area contributed by atoms with E-state index < -0.39 is 0 Å². The lowest BCUT2D eigenvalue weighted by molar-refractivity contribution is 0.0291. The van der Waals surface area contributed by atoms with Crippen molar-refractivity contribution in [3.05, 3.63) is 23.8 Å². The molecule has 1 aliphatic heterocycles. The number of phenolic OH excluding ortho intramolecular Hbond substituents is 1. The number of benzene rings is 1. The van der Waals surface area contributed by atoms with Crippen molar-refractivity contribution < 1.29 is 14.9 Å². The lowest BCUT2D eigenvalue weighted by atomic mass is 9.79. The summed E-state index contributed by atoms with van der Waals surface area (Å²) >= 11 is 0. The molecule has 0 radical (unpaired) electrons. The van der Waals surface area contributed by atoms with Crippen molar-refractivity contribution >= 4 is 12.4 Å². The predicted molar refractivity (Wildman–Crippen MR) is 90.0 cm³/mol. The first kappa shape index (κ1) is 19.0. The van der Waals surface area contributed by atoms with Crippen LogP contribution in [0.5, 0.6) is 11.5 Å². The van der Waals surface area contributed by atoms with Gasteiger partial charge in [0.2, 0.25) is 0 Å². The van der Waals surface area contributed by atoms with Gasteiger partial charge in [-0.1, -0.05) is 26.0 Å². The number of nitrogens with one attached hydrogen (secondary N) is 1. The highest BCUT2D eigenvalue weighted by atomic mass is 35.5. The van der Waals surface area contributed by atoms with E-state index in [0.717, 1.165) is 31.7 Å². The maximum absolute atomic E-state index is 10.5. The highest BCUT2D eigenvalue weighted by molar-refractivity contribution is 5.85. The van der Waals surface area contributed by atoms with Gasteiger partial charge in [-0.05, 0) is 6.07 Å². The molecular weight excluding hydrogens is 304 g/mol. The minimum absolute atomic E-state index is 0. The monoisotopic (exact) mass is 330 g/mol. The highest BCUT2D eigenvalue weighted by Crippen LogP contribution is 2.44. The molecule has 0 unspecified atom stereocenters. The third-order valence-electron chi connectivity index (χ3n) is 4.21. The number of rotatable bonds is 5. The van der Waals surface area contributed by atoms with Crippen molar-refractivity contribution in [1.29, 1.82) is 0 Å². The number of phenols is 1. The van der Waals surface area contributed by atoms with Crippen molar-refractivity contribution in [2.24, 2.45) is 5.41 Å². The fraction of sp³-hybridized carbons (Fsp3) is 0.625. The topological polar surface area (TPSA) is 65.0 Å². The van der Waals surface area contributed by atoms with Gasteiger partial charge in [0.25, 0.3) is 0 Å². The van der Waals surface area contributed by atoms with E-state index in [4.69, 9.17) is 4.74 Å². The first-order valence-corrected chi connectivity index (χ1v) is 7.42. The summed E-state index contributed by atoms with van der Waals surface area (Å²) in [6.07, 6.45) is 0. The Balaban J connectivity index is 0.00000242. The van der Waals surface area contributed by atoms with E-state index in [0.29, 0.717) is 5.75 Å². The van der Waals surface area contributed by atoms with Crippen LogP contribution >= 0.6 is 12.4 Å². The van der Waals surface area contributed by atoms with Gasteiger partial charge in [0.1, 0.15) is 0 Å². The van der Waals surface area contributed by atoms with E-state index in [1.54, 1.807) is 13.2 Å². The van der Waals surface area contributed by atoms with Crippen LogP contribution in [-0.2, 0) is 0 Å². The standard InChI is InChI=1S/C16H26N2O3.ClH/c1-16(2,11-19)15(18-9-7-17-8-10-18)12-5-4-6-13(21-3)14(12)20;/h4-6,15,17,19-20H,7-11H2,1-3H3;1H/t15-;/m0./s1. The second-order valence-electron chi connectivity index (χ2n) is 6.23. The minimum atomic E-state index is -0.360. The molecule has 2 rings (SSSR count). The Kier molecular flexibility index (Phi) is 6.94. The summed E-state index contributed by atoms with van der Waals surface area (Å²) in [6.45, 7) is 7.73. The Labute approximate surface area is 138 Å². The molecule has 1 atom stereocenters.